The second-order valence-electron chi connectivity index (χ2n) is 19.9. The summed E-state index contributed by atoms with van der Waals surface area (Å²) in [6.07, 6.45) is -22.2. The van der Waals surface area contributed by atoms with E-state index in [0.717, 1.165) is 24.3 Å². The van der Waals surface area contributed by atoms with Crippen molar-refractivity contribution in [3.63, 3.8) is 0 Å². The summed E-state index contributed by atoms with van der Waals surface area (Å²) in [5.74, 6) is -122. The minimum Gasteiger partial charge on any atom is -0.507 e. The fourth-order valence-electron chi connectivity index (χ4n) is 6.79. The average Bonchev–Trinajstić information content (AvgIpc) is 3.25. The highest BCUT2D eigenvalue weighted by atomic mass is 32.2. The van der Waals surface area contributed by atoms with Crippen LogP contribution in [-0.4, -0.2) is 117 Å². The number of halogens is 34. The van der Waals surface area contributed by atoms with Crippen LogP contribution in [0.5, 0.6) is 11.5 Å². The second kappa shape index (κ2) is 21.7. The molecule has 81 heavy (non-hydrogen) atoms. The summed E-state index contributed by atoms with van der Waals surface area (Å²) < 4.78 is 467. The lowest BCUT2D eigenvalue weighted by molar-refractivity contribution is -0.461. The molecule has 2 aromatic carbocycles. The molecule has 0 unspecified atom stereocenters. The van der Waals surface area contributed by atoms with Crippen molar-refractivity contribution in [2.45, 2.75) is 178 Å². The fourth-order valence-corrected chi connectivity index (χ4v) is 8.69. The summed E-state index contributed by atoms with van der Waals surface area (Å²) in [6, 6.07) is 4.00. The molecule has 0 spiro atoms. The van der Waals surface area contributed by atoms with Crippen LogP contribution in [0.15, 0.2) is 24.3 Å². The Bertz CT molecular complexity index is 2360. The van der Waals surface area contributed by atoms with E-state index in [0.29, 0.717) is 0 Å². The number of rotatable bonds is 24. The maximum absolute atomic E-state index is 14.6. The van der Waals surface area contributed by atoms with E-state index in [1.54, 1.807) is 0 Å². The van der Waals surface area contributed by atoms with Gasteiger partial charge in [0.2, 0.25) is 0 Å². The molecule has 0 saturated carbocycles. The Labute approximate surface area is 441 Å². The van der Waals surface area contributed by atoms with Crippen LogP contribution in [0.4, 0.5) is 149 Å². The Kier molecular flexibility index (Phi) is 19.7. The van der Waals surface area contributed by atoms with E-state index in [-0.39, 0.29) is 56.9 Å². The first kappa shape index (κ1) is 73.5. The third-order valence-electron chi connectivity index (χ3n) is 11.7. The predicted molar refractivity (Wildman–Crippen MR) is 219 cm³/mol. The van der Waals surface area contributed by atoms with Crippen molar-refractivity contribution in [3.8, 4) is 11.5 Å². The van der Waals surface area contributed by atoms with Gasteiger partial charge in [0, 0.05) is 30.8 Å². The van der Waals surface area contributed by atoms with Crippen LogP contribution in [-0.2, 0) is 28.8 Å². The van der Waals surface area contributed by atoms with Gasteiger partial charge in [-0.2, -0.15) is 173 Å². The lowest BCUT2D eigenvalue weighted by Gasteiger charge is -2.42. The van der Waals surface area contributed by atoms with Crippen LogP contribution >= 0.6 is 23.5 Å². The van der Waals surface area contributed by atoms with E-state index < -0.39 is 160 Å². The van der Waals surface area contributed by atoms with Crippen molar-refractivity contribution in [2.24, 2.45) is 0 Å². The van der Waals surface area contributed by atoms with Crippen LogP contribution in [0.1, 0.15) is 87.8 Å². The standard InChI is InChI=1S/C43H38F34O2S2/c1-26(2,3)22-13-18(16-80-9-7-28(44,45)30(48,49)32(52,53)34(56,57)36(60,61)38(64,65)40(68,69)42(72,73)74)11-20(24(22)78)15-21-12-19(14-23(25(21)79)27(4,5)6)17-81-10-8-29(46,47)31(50,51)33(54,55)35(58,59)37(62,63)39(66,67)41(70,71)43(75,76)77/h11-14,78-79H,7-10,15-17H2,1-6H3. The minimum absolute atomic E-state index is 0.0237. The smallest absolute Gasteiger partial charge is 0.460 e. The van der Waals surface area contributed by atoms with Gasteiger partial charge in [0.15, 0.2) is 0 Å². The number of thioether (sulfide) groups is 2. The van der Waals surface area contributed by atoms with Crippen molar-refractivity contribution in [2.75, 3.05) is 11.5 Å². The first-order chi connectivity index (χ1) is 35.2. The van der Waals surface area contributed by atoms with Gasteiger partial charge in [-0.1, -0.05) is 65.8 Å². The van der Waals surface area contributed by atoms with Crippen LogP contribution in [0.3, 0.4) is 0 Å². The number of aromatic hydroxyl groups is 2. The van der Waals surface area contributed by atoms with E-state index in [1.165, 1.54) is 41.5 Å². The Morgan fingerprint density at radius 1 is 0.309 bits per heavy atom. The quantitative estimate of drug-likeness (QED) is 0.0812. The molecule has 0 aliphatic rings. The van der Waals surface area contributed by atoms with Gasteiger partial charge in [0.1, 0.15) is 11.5 Å². The lowest BCUT2D eigenvalue weighted by atomic mass is 9.81. The molecule has 0 radical (unpaired) electrons. The van der Waals surface area contributed by atoms with E-state index in [9.17, 15) is 159 Å². The van der Waals surface area contributed by atoms with Crippen molar-refractivity contribution < 1.29 is 159 Å². The summed E-state index contributed by atoms with van der Waals surface area (Å²) in [6.45, 7) is 8.32. The first-order valence-electron chi connectivity index (χ1n) is 21.5. The minimum atomic E-state index is -8.84. The Morgan fingerprint density at radius 3 is 0.728 bits per heavy atom. The number of phenols is 2. The van der Waals surface area contributed by atoms with E-state index in [2.05, 4.69) is 0 Å². The van der Waals surface area contributed by atoms with Gasteiger partial charge in [-0.3, -0.25) is 0 Å². The molecule has 472 valence electrons. The normalized spacial score (nSPS) is 15.7. The number of phenolic OH excluding ortho intramolecular Hbond substituents is 2. The molecule has 0 aliphatic carbocycles. The summed E-state index contributed by atoms with van der Waals surface area (Å²) in [5, 5.41) is 22.6. The summed E-state index contributed by atoms with van der Waals surface area (Å²) in [4.78, 5) is 0. The molecule has 2 nitrogen and oxygen atoms in total. The zero-order valence-electron chi connectivity index (χ0n) is 40.8. The van der Waals surface area contributed by atoms with Gasteiger partial charge < -0.3 is 10.2 Å². The molecule has 0 fully saturated rings. The summed E-state index contributed by atoms with van der Waals surface area (Å²) in [7, 11) is 0. The predicted octanol–water partition coefficient (Wildman–Crippen LogP) is 18.5. The fraction of sp³-hybridized carbons (Fsp3) is 0.721. The van der Waals surface area contributed by atoms with E-state index in [4.69, 9.17) is 0 Å². The monoisotopic (exact) mass is 1300 g/mol. The van der Waals surface area contributed by atoms with Crippen LogP contribution in [0.2, 0.25) is 0 Å². The molecule has 0 amide bonds. The largest absolute Gasteiger partial charge is 0.507 e. The Morgan fingerprint density at radius 2 is 0.519 bits per heavy atom. The Hall–Kier alpha value is -3.64. The molecule has 2 rings (SSSR count). The highest BCUT2D eigenvalue weighted by Crippen LogP contribution is 2.66. The molecule has 0 aliphatic heterocycles. The molecule has 0 heterocycles. The number of hydrogen-bond acceptors (Lipinski definition) is 4. The third kappa shape index (κ3) is 12.2. The molecule has 0 saturated heterocycles. The van der Waals surface area contributed by atoms with Gasteiger partial charge in [0.25, 0.3) is 0 Å². The maximum Gasteiger partial charge on any atom is 0.460 e. The van der Waals surface area contributed by atoms with Gasteiger partial charge in [-0.15, -0.1) is 0 Å². The molecular weight excluding hydrogens is 1260 g/mol. The highest BCUT2D eigenvalue weighted by Gasteiger charge is 2.97. The third-order valence-corrected chi connectivity index (χ3v) is 13.8. The topological polar surface area (TPSA) is 40.5 Å². The lowest BCUT2D eigenvalue weighted by Crippen LogP contribution is -2.74. The number of hydrogen-bond donors (Lipinski definition) is 2. The van der Waals surface area contributed by atoms with Gasteiger partial charge in [-0.05, 0) is 55.7 Å². The zero-order valence-corrected chi connectivity index (χ0v) is 42.5. The van der Waals surface area contributed by atoms with Crippen LogP contribution in [0.25, 0.3) is 0 Å². The molecule has 2 N–H and O–H groups in total. The van der Waals surface area contributed by atoms with Crippen LogP contribution in [0, 0.1) is 0 Å². The van der Waals surface area contributed by atoms with Gasteiger partial charge in [0.05, 0.1) is 0 Å². The molecule has 0 atom stereocenters. The zero-order chi connectivity index (χ0) is 64.8. The molecular formula is C43H38F34O2S2. The van der Waals surface area contributed by atoms with Crippen molar-refractivity contribution in [1.29, 1.82) is 0 Å². The Balaban J connectivity index is 2.51. The second-order valence-corrected chi connectivity index (χ2v) is 22.1. The SMILES string of the molecule is CC(C)(C)c1cc(CSCCC(F)(F)C(F)(F)C(F)(F)C(F)(F)C(F)(F)C(F)(F)C(F)(F)C(F)(F)F)cc(Cc2cc(CSCCC(F)(F)C(F)(F)C(F)(F)C(F)(F)C(F)(F)C(F)(F)C(F)(F)C(F)(F)F)cc(C(C)(C)C)c2O)c1O. The first-order valence-corrected chi connectivity index (χ1v) is 23.8. The molecule has 38 heteroatoms. The molecule has 0 bridgehead atoms. The number of alkyl halides is 34. The van der Waals surface area contributed by atoms with Crippen molar-refractivity contribution in [1.82, 2.24) is 0 Å². The van der Waals surface area contributed by atoms with Crippen molar-refractivity contribution in [3.05, 3.63) is 57.6 Å². The summed E-state index contributed by atoms with van der Waals surface area (Å²) >= 11 is -0.0474. The summed E-state index contributed by atoms with van der Waals surface area (Å²) in [5.41, 5.74) is -3.68. The van der Waals surface area contributed by atoms with E-state index >= 15 is 0 Å². The van der Waals surface area contributed by atoms with Crippen LogP contribution < -0.4 is 0 Å². The van der Waals surface area contributed by atoms with Crippen molar-refractivity contribution >= 4 is 23.5 Å². The molecule has 0 aromatic heterocycles. The maximum atomic E-state index is 14.6. The highest BCUT2D eigenvalue weighted by molar-refractivity contribution is 7.98. The number of benzene rings is 2. The van der Waals surface area contributed by atoms with Gasteiger partial charge in [-0.25, -0.2) is 0 Å². The average molecular weight is 1300 g/mol. The van der Waals surface area contributed by atoms with E-state index in [1.807, 2.05) is 0 Å². The molecule has 2 aromatic rings. The van der Waals surface area contributed by atoms with Gasteiger partial charge >= 0.3 is 95.3 Å².